The number of nitrogens with one attached hydrogen (secondary N) is 1. The zero-order valence-corrected chi connectivity index (χ0v) is 9.90. The second kappa shape index (κ2) is 5.82. The van der Waals surface area contributed by atoms with Crippen molar-refractivity contribution < 1.29 is 13.9 Å². The molecule has 1 N–H and O–H groups in total. The van der Waals surface area contributed by atoms with Gasteiger partial charge in [0.25, 0.3) is 0 Å². The second-order valence-corrected chi connectivity index (χ2v) is 3.55. The number of rotatable bonds is 4. The van der Waals surface area contributed by atoms with Gasteiger partial charge in [-0.15, -0.1) is 0 Å². The topological polar surface area (TPSA) is 38.3 Å². The zero-order chi connectivity index (χ0) is 12.1. The predicted molar refractivity (Wildman–Crippen MR) is 60.1 cm³/mol. The van der Waals surface area contributed by atoms with Gasteiger partial charge in [0.15, 0.2) is 0 Å². The lowest BCUT2D eigenvalue weighted by atomic mass is 10.1. The van der Waals surface area contributed by atoms with Crippen LogP contribution in [0.15, 0.2) is 12.1 Å². The molecule has 0 heterocycles. The first-order chi connectivity index (χ1) is 7.61. The Morgan fingerprint density at radius 3 is 2.81 bits per heavy atom. The van der Waals surface area contributed by atoms with Gasteiger partial charge in [-0.25, -0.2) is 9.18 Å². The van der Waals surface area contributed by atoms with Crippen molar-refractivity contribution in [2.24, 2.45) is 0 Å². The molecule has 1 aromatic carbocycles. The highest BCUT2D eigenvalue weighted by Crippen LogP contribution is 2.23. The van der Waals surface area contributed by atoms with Crippen molar-refractivity contribution in [3.8, 4) is 0 Å². The number of carbonyl (C=O) groups is 1. The molecule has 0 spiro atoms. The number of esters is 1. The highest BCUT2D eigenvalue weighted by Gasteiger charge is 2.19. The maximum Gasteiger partial charge on any atom is 0.342 e. The zero-order valence-electron chi connectivity index (χ0n) is 9.14. The van der Waals surface area contributed by atoms with Crippen LogP contribution in [0.1, 0.15) is 22.8 Å². The third-order valence-electron chi connectivity index (χ3n) is 2.02. The Balaban J connectivity index is 3.15. The molecule has 0 radical (unpaired) electrons. The number of hydrogen-bond donors (Lipinski definition) is 1. The van der Waals surface area contributed by atoms with Gasteiger partial charge < -0.3 is 10.1 Å². The van der Waals surface area contributed by atoms with Crippen LogP contribution in [0.3, 0.4) is 0 Å². The molecule has 5 heteroatoms. The van der Waals surface area contributed by atoms with Crippen LogP contribution in [0, 0.1) is 5.82 Å². The average molecular weight is 246 g/mol. The van der Waals surface area contributed by atoms with Crippen molar-refractivity contribution in [2.45, 2.75) is 13.5 Å². The summed E-state index contributed by atoms with van der Waals surface area (Å²) in [7, 11) is 1.69. The van der Waals surface area contributed by atoms with E-state index in [1.807, 2.05) is 0 Å². The van der Waals surface area contributed by atoms with Gasteiger partial charge in [0, 0.05) is 12.1 Å². The third-order valence-corrected chi connectivity index (χ3v) is 2.33. The Labute approximate surface area is 98.5 Å². The van der Waals surface area contributed by atoms with Gasteiger partial charge in [-0.1, -0.05) is 17.7 Å². The SMILES string of the molecule is CCOC(=O)c1c(Cl)ccc(CNC)c1F. The third kappa shape index (κ3) is 2.71. The molecule has 1 aromatic rings. The highest BCUT2D eigenvalue weighted by molar-refractivity contribution is 6.33. The molecular formula is C11H13ClFNO2. The quantitative estimate of drug-likeness (QED) is 0.828. The van der Waals surface area contributed by atoms with Crippen LogP contribution in [-0.4, -0.2) is 19.6 Å². The molecule has 0 fully saturated rings. The van der Waals surface area contributed by atoms with E-state index in [4.69, 9.17) is 16.3 Å². The Morgan fingerprint density at radius 1 is 1.56 bits per heavy atom. The van der Waals surface area contributed by atoms with Crippen LogP contribution < -0.4 is 5.32 Å². The van der Waals surface area contributed by atoms with Crippen molar-refractivity contribution in [1.29, 1.82) is 0 Å². The molecule has 0 aromatic heterocycles. The number of benzene rings is 1. The number of ether oxygens (including phenoxy) is 1. The summed E-state index contributed by atoms with van der Waals surface area (Å²) in [5.74, 6) is -1.36. The summed E-state index contributed by atoms with van der Waals surface area (Å²) in [6, 6.07) is 3.03. The van der Waals surface area contributed by atoms with Gasteiger partial charge in [0.05, 0.1) is 11.6 Å². The van der Waals surface area contributed by atoms with E-state index in [9.17, 15) is 9.18 Å². The van der Waals surface area contributed by atoms with Crippen LogP contribution >= 0.6 is 11.6 Å². The van der Waals surface area contributed by atoms with Crippen LogP contribution in [0.4, 0.5) is 4.39 Å². The molecular weight excluding hydrogens is 233 g/mol. The fourth-order valence-electron chi connectivity index (χ4n) is 1.31. The normalized spacial score (nSPS) is 10.2. The fourth-order valence-corrected chi connectivity index (χ4v) is 1.54. The maximum absolute atomic E-state index is 13.9. The second-order valence-electron chi connectivity index (χ2n) is 3.15. The van der Waals surface area contributed by atoms with Crippen molar-refractivity contribution in [1.82, 2.24) is 5.32 Å². The lowest BCUT2D eigenvalue weighted by Gasteiger charge is -2.09. The molecule has 0 amide bonds. The summed E-state index contributed by atoms with van der Waals surface area (Å²) in [5, 5.41) is 2.87. The van der Waals surface area contributed by atoms with Crippen molar-refractivity contribution in [2.75, 3.05) is 13.7 Å². The summed E-state index contributed by atoms with van der Waals surface area (Å²) in [6.07, 6.45) is 0. The Hall–Kier alpha value is -1.13. The molecule has 3 nitrogen and oxygen atoms in total. The summed E-state index contributed by atoms with van der Waals surface area (Å²) >= 11 is 5.77. The summed E-state index contributed by atoms with van der Waals surface area (Å²) in [6.45, 7) is 2.17. The van der Waals surface area contributed by atoms with Gasteiger partial charge >= 0.3 is 5.97 Å². The number of hydrogen-bond acceptors (Lipinski definition) is 3. The largest absolute Gasteiger partial charge is 0.462 e. The molecule has 0 unspecified atom stereocenters. The van der Waals surface area contributed by atoms with Gasteiger partial charge in [-0.05, 0) is 20.0 Å². The van der Waals surface area contributed by atoms with E-state index in [0.29, 0.717) is 12.1 Å². The molecule has 0 aliphatic carbocycles. The van der Waals surface area contributed by atoms with Gasteiger partial charge in [0.2, 0.25) is 0 Å². The minimum Gasteiger partial charge on any atom is -0.462 e. The summed E-state index contributed by atoms with van der Waals surface area (Å²) in [5.41, 5.74) is 0.186. The highest BCUT2D eigenvalue weighted by atomic mass is 35.5. The Bertz CT molecular complexity index is 396. The van der Waals surface area contributed by atoms with Gasteiger partial charge in [-0.3, -0.25) is 0 Å². The van der Waals surface area contributed by atoms with E-state index in [0.717, 1.165) is 0 Å². The number of carbonyl (C=O) groups excluding carboxylic acids is 1. The van der Waals surface area contributed by atoms with E-state index >= 15 is 0 Å². The molecule has 88 valence electrons. The molecule has 0 aliphatic heterocycles. The minimum absolute atomic E-state index is 0.0656. The van der Waals surface area contributed by atoms with E-state index in [1.54, 1.807) is 14.0 Å². The van der Waals surface area contributed by atoms with Gasteiger partial charge in [0.1, 0.15) is 11.4 Å². The van der Waals surface area contributed by atoms with Gasteiger partial charge in [-0.2, -0.15) is 0 Å². The first kappa shape index (κ1) is 12.9. The molecule has 0 saturated carbocycles. The van der Waals surface area contributed by atoms with Crippen molar-refractivity contribution in [3.05, 3.63) is 34.1 Å². The van der Waals surface area contributed by atoms with Crippen LogP contribution in [0.2, 0.25) is 5.02 Å². The minimum atomic E-state index is -0.733. The first-order valence-corrected chi connectivity index (χ1v) is 5.28. The van der Waals surface area contributed by atoms with Crippen LogP contribution in [-0.2, 0) is 11.3 Å². The molecule has 0 atom stereocenters. The van der Waals surface area contributed by atoms with Crippen molar-refractivity contribution >= 4 is 17.6 Å². The molecule has 1 rings (SSSR count). The first-order valence-electron chi connectivity index (χ1n) is 4.90. The van der Waals surface area contributed by atoms with E-state index in [-0.39, 0.29) is 17.2 Å². The monoisotopic (exact) mass is 245 g/mol. The molecule has 0 aliphatic rings. The predicted octanol–water partition coefficient (Wildman–Crippen LogP) is 2.38. The Morgan fingerprint density at radius 2 is 2.25 bits per heavy atom. The lowest BCUT2D eigenvalue weighted by Crippen LogP contribution is -2.13. The maximum atomic E-state index is 13.9. The van der Waals surface area contributed by atoms with E-state index in [1.165, 1.54) is 12.1 Å². The Kier molecular flexibility index (Phi) is 4.71. The van der Waals surface area contributed by atoms with E-state index < -0.39 is 11.8 Å². The molecule has 0 bridgehead atoms. The van der Waals surface area contributed by atoms with Crippen LogP contribution in [0.25, 0.3) is 0 Å². The number of halogens is 2. The summed E-state index contributed by atoms with van der Waals surface area (Å²) in [4.78, 5) is 11.5. The van der Waals surface area contributed by atoms with Crippen LogP contribution in [0.5, 0.6) is 0 Å². The molecule has 0 saturated heterocycles. The summed E-state index contributed by atoms with van der Waals surface area (Å²) < 4.78 is 18.6. The standard InChI is InChI=1S/C11H13ClFNO2/c1-3-16-11(15)9-8(12)5-4-7(6-14-2)10(9)13/h4-5,14H,3,6H2,1-2H3. The average Bonchev–Trinajstić information content (AvgIpc) is 2.23. The van der Waals surface area contributed by atoms with E-state index in [2.05, 4.69) is 5.32 Å². The smallest absolute Gasteiger partial charge is 0.342 e. The fraction of sp³-hybridized carbons (Fsp3) is 0.364. The molecule has 16 heavy (non-hydrogen) atoms. The lowest BCUT2D eigenvalue weighted by molar-refractivity contribution is 0.0521. The van der Waals surface area contributed by atoms with Crippen molar-refractivity contribution in [3.63, 3.8) is 0 Å².